The summed E-state index contributed by atoms with van der Waals surface area (Å²) in [5.41, 5.74) is 48.6. The van der Waals surface area contributed by atoms with Crippen molar-refractivity contribution in [3.8, 4) is 0 Å². The van der Waals surface area contributed by atoms with Crippen molar-refractivity contribution >= 4 is 0 Å². The summed E-state index contributed by atoms with van der Waals surface area (Å²) >= 11 is 0. The van der Waals surface area contributed by atoms with E-state index in [9.17, 15) is 40.9 Å². The molecule has 4 fully saturated rings. The number of rotatable bonds is 23. The predicted octanol–water partition coefficient (Wildman–Crippen LogP) is -9.02. The number of likely N-dealkylation sites (N-methyl/N-ethyl adjacent to an activating group) is 2. The van der Waals surface area contributed by atoms with E-state index in [1.807, 2.05) is 23.9 Å². The first-order valence-electron chi connectivity index (χ1n) is 21.9. The summed E-state index contributed by atoms with van der Waals surface area (Å²) in [6.45, 7) is 1.53. The minimum atomic E-state index is -1.37. The van der Waals surface area contributed by atoms with Crippen LogP contribution in [0.4, 0.5) is 0 Å². The molecule has 0 aromatic heterocycles. The van der Waals surface area contributed by atoms with Gasteiger partial charge in [-0.3, -0.25) is 0 Å². The van der Waals surface area contributed by atoms with Gasteiger partial charge in [0.2, 0.25) is 0 Å². The van der Waals surface area contributed by atoms with E-state index in [-0.39, 0.29) is 39.1 Å². The summed E-state index contributed by atoms with van der Waals surface area (Å²) < 4.78 is 35.5. The molecule has 366 valence electrons. The number of hydrogen-bond acceptors (Lipinski definition) is 24. The van der Waals surface area contributed by atoms with Crippen LogP contribution in [-0.4, -0.2) is 252 Å². The monoisotopic (exact) mass is 901 g/mol. The summed E-state index contributed by atoms with van der Waals surface area (Å²) in [7, 11) is 3.77. The Morgan fingerprint density at radius 3 is 1.21 bits per heavy atom. The topological polar surface area (TPSA) is 432 Å². The highest BCUT2D eigenvalue weighted by Gasteiger charge is 2.50. The van der Waals surface area contributed by atoms with Crippen LogP contribution in [0.25, 0.3) is 0 Å². The van der Waals surface area contributed by atoms with Crippen LogP contribution < -0.4 is 45.9 Å². The zero-order chi connectivity index (χ0) is 46.0. The quantitative estimate of drug-likeness (QED) is 0.0423. The molecule has 0 amide bonds. The molecule has 0 unspecified atom stereocenters. The van der Waals surface area contributed by atoms with Gasteiger partial charge in [-0.1, -0.05) is 12.8 Å². The zero-order valence-corrected chi connectivity index (χ0v) is 36.1. The van der Waals surface area contributed by atoms with Crippen molar-refractivity contribution in [2.24, 2.45) is 45.9 Å². The van der Waals surface area contributed by atoms with Crippen LogP contribution in [0.15, 0.2) is 0 Å². The van der Waals surface area contributed by atoms with Gasteiger partial charge in [-0.15, -0.1) is 0 Å². The molecule has 0 aromatic rings. The molecular formula is C38H80N10O14. The zero-order valence-electron chi connectivity index (χ0n) is 36.1. The number of aliphatic hydroxyl groups excluding tert-OH is 8. The molecule has 4 aliphatic rings. The molecule has 4 rings (SSSR count). The van der Waals surface area contributed by atoms with Crippen molar-refractivity contribution in [1.29, 1.82) is 0 Å². The number of nitrogens with zero attached hydrogens (tertiary/aromatic N) is 2. The lowest BCUT2D eigenvalue weighted by Crippen LogP contribution is -2.68. The Balaban J connectivity index is 1.13. The Bertz CT molecular complexity index is 1190. The maximum absolute atomic E-state index is 10.9. The van der Waals surface area contributed by atoms with E-state index < -0.39 is 134 Å². The Morgan fingerprint density at radius 2 is 0.871 bits per heavy atom. The van der Waals surface area contributed by atoms with Crippen molar-refractivity contribution in [1.82, 2.24) is 9.80 Å². The van der Waals surface area contributed by atoms with Gasteiger partial charge in [-0.2, -0.15) is 0 Å². The molecule has 24 N–H and O–H groups in total. The molecule has 2 saturated carbocycles. The van der Waals surface area contributed by atoms with Crippen molar-refractivity contribution in [3.05, 3.63) is 0 Å². The molecule has 2 aliphatic carbocycles. The highest BCUT2D eigenvalue weighted by atomic mass is 16.7. The van der Waals surface area contributed by atoms with E-state index in [1.54, 1.807) is 0 Å². The van der Waals surface area contributed by atoms with Crippen LogP contribution in [0.2, 0.25) is 0 Å². The fourth-order valence-corrected chi connectivity index (χ4v) is 8.70. The van der Waals surface area contributed by atoms with E-state index in [1.165, 1.54) is 0 Å². The maximum Gasteiger partial charge on any atom is 0.176 e. The molecule has 24 nitrogen and oxygen atoms in total. The minimum absolute atomic E-state index is 0.0942. The second-order valence-electron chi connectivity index (χ2n) is 17.8. The van der Waals surface area contributed by atoms with Gasteiger partial charge in [0.05, 0.1) is 49.7 Å². The number of ether oxygens (including phenoxy) is 6. The fraction of sp³-hybridized carbons (Fsp3) is 1.00. The third-order valence-corrected chi connectivity index (χ3v) is 12.5. The van der Waals surface area contributed by atoms with Crippen LogP contribution in [-0.2, 0) is 28.4 Å². The first-order valence-corrected chi connectivity index (χ1v) is 21.9. The maximum atomic E-state index is 10.9. The largest absolute Gasteiger partial charge is 0.389 e. The van der Waals surface area contributed by atoms with E-state index >= 15 is 0 Å². The molecule has 0 aromatic carbocycles. The van der Waals surface area contributed by atoms with Gasteiger partial charge in [0.25, 0.3) is 0 Å². The average Bonchev–Trinajstić information content (AvgIpc) is 3.22. The Labute approximate surface area is 363 Å². The molecule has 2 heterocycles. The number of nitrogens with two attached hydrogens (primary N) is 8. The van der Waals surface area contributed by atoms with E-state index in [0.717, 1.165) is 25.7 Å². The summed E-state index contributed by atoms with van der Waals surface area (Å²) in [5, 5.41) is 84.8. The van der Waals surface area contributed by atoms with Crippen LogP contribution in [0.3, 0.4) is 0 Å². The average molecular weight is 901 g/mol. The lowest BCUT2D eigenvalue weighted by molar-refractivity contribution is -0.292. The molecule has 2 saturated heterocycles. The van der Waals surface area contributed by atoms with Gasteiger partial charge in [0.1, 0.15) is 61.0 Å². The SMILES string of the molecule is CN(CCCCCCN(C)C[C@@H](O)CO[C@@H]1[C@@H](O)[C@H](N)C[C@H](N)[C@H]1O[C@H]1O[C@H](CN)[C@@H](O)[C@H](O)[C@H]1N)C[C@@H](O)CO[C@@H]1[C@@H](O)[C@H](N)C[C@H](N)[C@H]1O[C@H]1O[C@H](CN)[C@@H](O)[C@H](O)[C@H]1N. The van der Waals surface area contributed by atoms with Gasteiger partial charge in [0, 0.05) is 50.3 Å². The summed E-state index contributed by atoms with van der Waals surface area (Å²) in [4.78, 5) is 3.96. The number of unbranched alkanes of at least 4 members (excludes halogenated alkanes) is 3. The lowest BCUT2D eigenvalue weighted by Gasteiger charge is -2.47. The van der Waals surface area contributed by atoms with Gasteiger partial charge in [-0.25, -0.2) is 0 Å². The smallest absolute Gasteiger partial charge is 0.176 e. The van der Waals surface area contributed by atoms with E-state index in [4.69, 9.17) is 74.3 Å². The van der Waals surface area contributed by atoms with Gasteiger partial charge < -0.3 is 125 Å². The second-order valence-corrected chi connectivity index (χ2v) is 17.8. The third kappa shape index (κ3) is 14.3. The minimum Gasteiger partial charge on any atom is -0.389 e. The molecular weight excluding hydrogens is 820 g/mol. The third-order valence-electron chi connectivity index (χ3n) is 12.5. The summed E-state index contributed by atoms with van der Waals surface area (Å²) in [5.74, 6) is 0. The Morgan fingerprint density at radius 1 is 0.516 bits per heavy atom. The second kappa shape index (κ2) is 25.3. The van der Waals surface area contributed by atoms with Crippen LogP contribution in [0.5, 0.6) is 0 Å². The van der Waals surface area contributed by atoms with Crippen molar-refractivity contribution in [3.63, 3.8) is 0 Å². The first-order chi connectivity index (χ1) is 29.3. The van der Waals surface area contributed by atoms with Gasteiger partial charge in [-0.05, 0) is 52.9 Å². The highest BCUT2D eigenvalue weighted by molar-refractivity contribution is 5.02. The molecule has 24 heteroatoms. The molecule has 0 bridgehead atoms. The highest BCUT2D eigenvalue weighted by Crippen LogP contribution is 2.30. The van der Waals surface area contributed by atoms with Crippen LogP contribution in [0, 0.1) is 0 Å². The van der Waals surface area contributed by atoms with E-state index in [0.29, 0.717) is 26.2 Å². The van der Waals surface area contributed by atoms with Crippen LogP contribution >= 0.6 is 0 Å². The molecule has 62 heavy (non-hydrogen) atoms. The first kappa shape index (κ1) is 53.7. The van der Waals surface area contributed by atoms with Gasteiger partial charge in [0.15, 0.2) is 12.6 Å². The molecule has 0 spiro atoms. The molecule has 2 aliphatic heterocycles. The summed E-state index contributed by atoms with van der Waals surface area (Å²) in [6, 6.07) is -5.05. The lowest BCUT2D eigenvalue weighted by atomic mass is 9.84. The van der Waals surface area contributed by atoms with E-state index in [2.05, 4.69) is 0 Å². The van der Waals surface area contributed by atoms with Crippen LogP contribution in [0.1, 0.15) is 38.5 Å². The van der Waals surface area contributed by atoms with Gasteiger partial charge >= 0.3 is 0 Å². The predicted molar refractivity (Wildman–Crippen MR) is 223 cm³/mol. The van der Waals surface area contributed by atoms with Crippen molar-refractivity contribution in [2.45, 2.75) is 173 Å². The normalized spacial score (nSPS) is 43.0. The number of hydrogen-bond donors (Lipinski definition) is 16. The van der Waals surface area contributed by atoms with Crippen molar-refractivity contribution in [2.75, 3.05) is 66.6 Å². The molecule has 22 atom stereocenters. The van der Waals surface area contributed by atoms with Crippen molar-refractivity contribution < 1.29 is 69.3 Å². The Kier molecular flexibility index (Phi) is 21.9. The molecule has 0 radical (unpaired) electrons. The number of aliphatic hydroxyl groups is 8. The Hall–Kier alpha value is -0.960. The fourth-order valence-electron chi connectivity index (χ4n) is 8.70. The standard InChI is InChI=1S/C38H80N10O14/c1-47(13-17(49)15-57-35-27(51)19(41)9-21(43)33(35)61-37-25(45)31(55)29(53)23(11-39)59-37)7-5-3-4-6-8-48(2)14-18(50)16-58-36-28(52)20(42)10-22(44)34(36)62-38-26(46)32(56)30(54)24(12-40)60-38/h17-38,49-56H,3-16,39-46H2,1-2H3/t17-,18-,19-,20-,21+,22+,23-,24-,25-,26-,27+,28+,29-,30-,31-,32-,33-,34-,35-,36-,37-,38-/m1/s1. The summed E-state index contributed by atoms with van der Waals surface area (Å²) in [6.07, 6.45) is -13.7.